The third-order valence-corrected chi connectivity index (χ3v) is 2.95. The van der Waals surface area contributed by atoms with Crippen molar-refractivity contribution in [2.45, 2.75) is 20.4 Å². The average Bonchev–Trinajstić information content (AvgIpc) is 2.76. The number of nitrogens with two attached hydrogens (primary N) is 1. The van der Waals surface area contributed by atoms with Crippen LogP contribution in [-0.4, -0.2) is 17.0 Å². The monoisotopic (exact) mass is 273 g/mol. The van der Waals surface area contributed by atoms with Gasteiger partial charge in [-0.25, -0.2) is 0 Å². The molecule has 0 aliphatic carbocycles. The summed E-state index contributed by atoms with van der Waals surface area (Å²) >= 11 is 0. The third-order valence-electron chi connectivity index (χ3n) is 2.95. The maximum atomic E-state index is 12.0. The number of nitrogens with zero attached hydrogens (tertiary/aromatic N) is 1. The van der Waals surface area contributed by atoms with Gasteiger partial charge in [0.25, 0.3) is 5.91 Å². The van der Waals surface area contributed by atoms with Gasteiger partial charge >= 0.3 is 0 Å². The number of nitrogens with one attached hydrogen (secondary N) is 1. The van der Waals surface area contributed by atoms with Crippen molar-refractivity contribution < 1.29 is 14.1 Å². The lowest BCUT2D eigenvalue weighted by molar-refractivity contribution is 0.0947. The van der Waals surface area contributed by atoms with Crippen molar-refractivity contribution in [3.8, 4) is 0 Å². The van der Waals surface area contributed by atoms with E-state index in [0.29, 0.717) is 29.1 Å². The molecule has 2 rings (SSSR count). The van der Waals surface area contributed by atoms with Crippen LogP contribution in [0.4, 0.5) is 0 Å². The van der Waals surface area contributed by atoms with E-state index in [2.05, 4.69) is 10.5 Å². The van der Waals surface area contributed by atoms with E-state index in [1.54, 1.807) is 38.1 Å². The van der Waals surface area contributed by atoms with Crippen LogP contribution in [0.3, 0.4) is 0 Å². The van der Waals surface area contributed by atoms with Gasteiger partial charge in [0.2, 0.25) is 5.91 Å². The largest absolute Gasteiger partial charge is 0.366 e. The highest BCUT2D eigenvalue weighted by molar-refractivity contribution is 5.96. The second-order valence-corrected chi connectivity index (χ2v) is 4.44. The molecule has 1 aromatic heterocycles. The zero-order valence-corrected chi connectivity index (χ0v) is 11.3. The normalized spacial score (nSPS) is 10.3. The van der Waals surface area contributed by atoms with Crippen LogP contribution in [0.15, 0.2) is 28.8 Å². The van der Waals surface area contributed by atoms with Crippen molar-refractivity contribution in [1.82, 2.24) is 10.5 Å². The van der Waals surface area contributed by atoms with Gasteiger partial charge in [-0.1, -0.05) is 17.3 Å². The van der Waals surface area contributed by atoms with E-state index in [1.807, 2.05) is 0 Å². The van der Waals surface area contributed by atoms with Crippen molar-refractivity contribution in [3.05, 3.63) is 52.4 Å². The Morgan fingerprint density at radius 1 is 1.25 bits per heavy atom. The van der Waals surface area contributed by atoms with Crippen LogP contribution in [-0.2, 0) is 6.54 Å². The first kappa shape index (κ1) is 13.8. The summed E-state index contributed by atoms with van der Waals surface area (Å²) < 4.78 is 4.95. The first-order valence-corrected chi connectivity index (χ1v) is 6.09. The number of benzene rings is 1. The minimum Gasteiger partial charge on any atom is -0.366 e. The number of carbonyl (C=O) groups is 2. The molecule has 1 aromatic carbocycles. The molecule has 2 amide bonds. The molecule has 0 spiro atoms. The number of aromatic nitrogens is 1. The molecule has 0 radical (unpaired) electrons. The Morgan fingerprint density at radius 2 is 1.90 bits per heavy atom. The van der Waals surface area contributed by atoms with Crippen LogP contribution in [0.5, 0.6) is 0 Å². The van der Waals surface area contributed by atoms with E-state index in [-0.39, 0.29) is 5.91 Å². The predicted molar refractivity (Wildman–Crippen MR) is 72.1 cm³/mol. The summed E-state index contributed by atoms with van der Waals surface area (Å²) in [5.41, 5.74) is 7.48. The van der Waals surface area contributed by atoms with Gasteiger partial charge in [-0.15, -0.1) is 0 Å². The first-order chi connectivity index (χ1) is 9.49. The number of rotatable bonds is 4. The summed E-state index contributed by atoms with van der Waals surface area (Å²) in [6, 6.07) is 6.74. The summed E-state index contributed by atoms with van der Waals surface area (Å²) in [5, 5.41) is 6.51. The Labute approximate surface area is 115 Å². The van der Waals surface area contributed by atoms with Crippen molar-refractivity contribution in [3.63, 3.8) is 0 Å². The summed E-state index contributed by atoms with van der Waals surface area (Å²) in [4.78, 5) is 23.0. The minimum absolute atomic E-state index is 0.236. The van der Waals surface area contributed by atoms with Crippen LogP contribution >= 0.6 is 0 Å². The number of amides is 2. The maximum absolute atomic E-state index is 12.0. The fourth-order valence-electron chi connectivity index (χ4n) is 1.86. The Kier molecular flexibility index (Phi) is 3.84. The average molecular weight is 273 g/mol. The summed E-state index contributed by atoms with van der Waals surface area (Å²) in [6.45, 7) is 3.76. The fraction of sp³-hybridized carbons (Fsp3) is 0.214. The van der Waals surface area contributed by atoms with E-state index in [9.17, 15) is 9.59 Å². The molecule has 0 aliphatic heterocycles. The molecule has 0 bridgehead atoms. The molecule has 0 fully saturated rings. The Hall–Kier alpha value is -2.63. The molecule has 104 valence electrons. The van der Waals surface area contributed by atoms with Gasteiger partial charge in [0.1, 0.15) is 11.3 Å². The number of hydrogen-bond acceptors (Lipinski definition) is 4. The van der Waals surface area contributed by atoms with E-state index < -0.39 is 5.91 Å². The zero-order chi connectivity index (χ0) is 14.7. The minimum atomic E-state index is -0.476. The molecule has 0 saturated carbocycles. The molecule has 0 aliphatic rings. The molecule has 2 aromatic rings. The smallest absolute Gasteiger partial charge is 0.257 e. The molecule has 3 N–H and O–H groups in total. The van der Waals surface area contributed by atoms with Crippen molar-refractivity contribution >= 4 is 11.8 Å². The molecule has 0 atom stereocenters. The third kappa shape index (κ3) is 2.85. The van der Waals surface area contributed by atoms with Crippen LogP contribution in [0.2, 0.25) is 0 Å². The van der Waals surface area contributed by atoms with Crippen LogP contribution in [0, 0.1) is 13.8 Å². The van der Waals surface area contributed by atoms with Gasteiger partial charge in [-0.05, 0) is 31.5 Å². The van der Waals surface area contributed by atoms with Crippen LogP contribution in [0.25, 0.3) is 0 Å². The molecule has 20 heavy (non-hydrogen) atoms. The second kappa shape index (κ2) is 5.56. The molecular formula is C14H15N3O3. The van der Waals surface area contributed by atoms with Gasteiger partial charge in [-0.3, -0.25) is 9.59 Å². The highest BCUT2D eigenvalue weighted by Gasteiger charge is 2.16. The van der Waals surface area contributed by atoms with E-state index >= 15 is 0 Å². The number of hydrogen-bond donors (Lipinski definition) is 2. The van der Waals surface area contributed by atoms with Gasteiger partial charge in [0.15, 0.2) is 0 Å². The first-order valence-electron chi connectivity index (χ1n) is 6.09. The lowest BCUT2D eigenvalue weighted by Gasteiger charge is -2.05. The van der Waals surface area contributed by atoms with E-state index in [0.717, 1.165) is 5.56 Å². The Balaban J connectivity index is 2.02. The molecule has 0 unspecified atom stereocenters. The molecule has 0 saturated heterocycles. The summed E-state index contributed by atoms with van der Waals surface area (Å²) in [6.07, 6.45) is 0. The van der Waals surface area contributed by atoms with Crippen LogP contribution in [0.1, 0.15) is 37.7 Å². The molecule has 6 nitrogen and oxygen atoms in total. The standard InChI is InChI=1S/C14H15N3O3/c1-8-12(9(2)20-17-8)14(19)16-7-10-3-5-11(6-4-10)13(15)18/h3-6H,7H2,1-2H3,(H2,15,18)(H,16,19). The van der Waals surface area contributed by atoms with Crippen LogP contribution < -0.4 is 11.1 Å². The van der Waals surface area contributed by atoms with Gasteiger partial charge in [0.05, 0.1) is 5.69 Å². The Bertz CT molecular complexity index is 625. The zero-order valence-electron chi connectivity index (χ0n) is 11.3. The van der Waals surface area contributed by atoms with Crippen molar-refractivity contribution in [1.29, 1.82) is 0 Å². The highest BCUT2D eigenvalue weighted by atomic mass is 16.5. The highest BCUT2D eigenvalue weighted by Crippen LogP contribution is 2.12. The summed E-state index contributed by atoms with van der Waals surface area (Å²) in [5.74, 6) is -0.222. The number of carbonyl (C=O) groups excluding carboxylic acids is 2. The fourth-order valence-corrected chi connectivity index (χ4v) is 1.86. The molecule has 1 heterocycles. The SMILES string of the molecule is Cc1noc(C)c1C(=O)NCc1ccc(C(N)=O)cc1. The number of aryl methyl sites for hydroxylation is 2. The van der Waals surface area contributed by atoms with Crippen molar-refractivity contribution in [2.24, 2.45) is 5.73 Å². The lowest BCUT2D eigenvalue weighted by atomic mass is 10.1. The predicted octanol–water partition coefficient (Wildman–Crippen LogP) is 1.32. The maximum Gasteiger partial charge on any atom is 0.257 e. The number of primary amides is 1. The van der Waals surface area contributed by atoms with E-state index in [1.165, 1.54) is 0 Å². The van der Waals surface area contributed by atoms with Gasteiger partial charge in [-0.2, -0.15) is 0 Å². The second-order valence-electron chi connectivity index (χ2n) is 4.44. The summed E-state index contributed by atoms with van der Waals surface area (Å²) in [7, 11) is 0. The molecular weight excluding hydrogens is 258 g/mol. The quantitative estimate of drug-likeness (QED) is 0.877. The van der Waals surface area contributed by atoms with Gasteiger partial charge in [0, 0.05) is 12.1 Å². The lowest BCUT2D eigenvalue weighted by Crippen LogP contribution is -2.23. The molecule has 6 heteroatoms. The topological polar surface area (TPSA) is 98.2 Å². The Morgan fingerprint density at radius 3 is 2.40 bits per heavy atom. The van der Waals surface area contributed by atoms with Gasteiger partial charge < -0.3 is 15.6 Å². The van der Waals surface area contributed by atoms with Crippen molar-refractivity contribution in [2.75, 3.05) is 0 Å². The van der Waals surface area contributed by atoms with E-state index in [4.69, 9.17) is 10.3 Å².